The summed E-state index contributed by atoms with van der Waals surface area (Å²) in [4.78, 5) is 17.6. The van der Waals surface area contributed by atoms with E-state index in [9.17, 15) is 4.79 Å². The topological polar surface area (TPSA) is 63.3 Å². The smallest absolute Gasteiger partial charge is 0.249 e. The number of hydrogen-bond acceptors (Lipinski definition) is 6. The van der Waals surface area contributed by atoms with Crippen LogP contribution in [0.4, 0.5) is 5.69 Å². The van der Waals surface area contributed by atoms with Crippen molar-refractivity contribution in [2.45, 2.75) is 24.5 Å². The summed E-state index contributed by atoms with van der Waals surface area (Å²) in [6.07, 6.45) is 0.315. The Hall–Kier alpha value is -2.61. The van der Waals surface area contributed by atoms with Crippen molar-refractivity contribution in [3.8, 4) is 5.75 Å². The molecule has 2 fully saturated rings. The Balaban J connectivity index is 1.22. The highest BCUT2D eigenvalue weighted by molar-refractivity contribution is 5.81. The van der Waals surface area contributed by atoms with E-state index in [2.05, 4.69) is 51.5 Å². The summed E-state index contributed by atoms with van der Waals surface area (Å²) in [5.41, 5.74) is 3.63. The van der Waals surface area contributed by atoms with E-state index in [-0.39, 0.29) is 11.3 Å². The summed E-state index contributed by atoms with van der Waals surface area (Å²) in [7, 11) is 1.69. The van der Waals surface area contributed by atoms with E-state index in [1.165, 1.54) is 16.8 Å². The summed E-state index contributed by atoms with van der Waals surface area (Å²) >= 11 is 0. The van der Waals surface area contributed by atoms with Crippen molar-refractivity contribution < 1.29 is 19.0 Å². The molecule has 1 spiro atoms. The van der Waals surface area contributed by atoms with E-state index in [0.29, 0.717) is 19.6 Å². The number of methoxy groups -OCH3 is 1. The van der Waals surface area contributed by atoms with Gasteiger partial charge in [-0.15, -0.1) is 0 Å². The van der Waals surface area contributed by atoms with Gasteiger partial charge in [0.15, 0.2) is 0 Å². The Kier molecular flexibility index (Phi) is 6.53. The van der Waals surface area contributed by atoms with E-state index >= 15 is 0 Å². The summed E-state index contributed by atoms with van der Waals surface area (Å²) < 4.78 is 16.8. The summed E-state index contributed by atoms with van der Waals surface area (Å²) in [5, 5.41) is 3.09. The molecule has 1 amide bonds. The fourth-order valence-electron chi connectivity index (χ4n) is 5.30. The van der Waals surface area contributed by atoms with Crippen molar-refractivity contribution in [3.05, 3.63) is 59.7 Å². The third-order valence-electron chi connectivity index (χ3n) is 7.10. The van der Waals surface area contributed by atoms with Crippen molar-refractivity contribution in [3.63, 3.8) is 0 Å². The summed E-state index contributed by atoms with van der Waals surface area (Å²) in [6.45, 7) is 7.15. The molecule has 176 valence electrons. The number of carbonyl (C=O) groups is 1. The second-order valence-corrected chi connectivity index (χ2v) is 9.25. The fraction of sp³-hybridized carbons (Fsp3) is 0.500. The van der Waals surface area contributed by atoms with Gasteiger partial charge in [-0.1, -0.05) is 30.3 Å². The molecule has 0 saturated carbocycles. The average Bonchev–Trinajstić information content (AvgIpc) is 3.42. The maximum Gasteiger partial charge on any atom is 0.249 e. The standard InChI is InChI=1S/C26H33N3O4/c1-31-21-8-6-20(7-9-21)17-29-18-26(22-4-2-3-5-23(22)29)16-24(33-19-26)25(30)27-10-11-28-12-14-32-15-13-28/h2-9,24H,10-19H2,1H3,(H,27,30)/t24-,26-/m0/s1. The zero-order chi connectivity index (χ0) is 22.7. The Morgan fingerprint density at radius 1 is 1.15 bits per heavy atom. The predicted molar refractivity (Wildman–Crippen MR) is 127 cm³/mol. The normalized spacial score (nSPS) is 24.8. The van der Waals surface area contributed by atoms with Crippen LogP contribution in [0.15, 0.2) is 48.5 Å². The Morgan fingerprint density at radius 2 is 1.94 bits per heavy atom. The minimum absolute atomic E-state index is 0.00576. The predicted octanol–water partition coefficient (Wildman–Crippen LogP) is 2.19. The molecule has 3 heterocycles. The lowest BCUT2D eigenvalue weighted by atomic mass is 9.80. The third-order valence-corrected chi connectivity index (χ3v) is 7.10. The van der Waals surface area contributed by atoms with Gasteiger partial charge in [-0.05, 0) is 35.7 Å². The first-order chi connectivity index (χ1) is 16.2. The van der Waals surface area contributed by atoms with Crippen molar-refractivity contribution in [2.24, 2.45) is 0 Å². The Labute approximate surface area is 195 Å². The zero-order valence-electron chi connectivity index (χ0n) is 19.3. The van der Waals surface area contributed by atoms with E-state index in [1.807, 2.05) is 12.1 Å². The van der Waals surface area contributed by atoms with E-state index < -0.39 is 6.10 Å². The number of para-hydroxylation sites is 1. The highest BCUT2D eigenvalue weighted by Crippen LogP contribution is 2.47. The number of nitrogens with one attached hydrogen (secondary N) is 1. The lowest BCUT2D eigenvalue weighted by molar-refractivity contribution is -0.130. The molecule has 0 unspecified atom stereocenters. The van der Waals surface area contributed by atoms with Gasteiger partial charge in [0, 0.05) is 50.4 Å². The van der Waals surface area contributed by atoms with Gasteiger partial charge < -0.3 is 24.4 Å². The molecule has 7 heteroatoms. The van der Waals surface area contributed by atoms with Crippen LogP contribution in [0, 0.1) is 0 Å². The van der Waals surface area contributed by atoms with Crippen molar-refractivity contribution in [2.75, 3.05) is 64.6 Å². The van der Waals surface area contributed by atoms with Gasteiger partial charge in [-0.3, -0.25) is 9.69 Å². The molecule has 33 heavy (non-hydrogen) atoms. The molecule has 1 N–H and O–H groups in total. The molecule has 3 aliphatic rings. The molecule has 0 radical (unpaired) electrons. The van der Waals surface area contributed by atoms with Crippen molar-refractivity contribution >= 4 is 11.6 Å². The van der Waals surface area contributed by atoms with Crippen LogP contribution in [-0.2, 0) is 26.2 Å². The highest BCUT2D eigenvalue weighted by Gasteiger charge is 2.50. The number of carbonyl (C=O) groups excluding carboxylic acids is 1. The SMILES string of the molecule is COc1ccc(CN2C[C@@]3(CO[C@H](C(=O)NCCN4CCOCC4)C3)c3ccccc32)cc1. The third kappa shape index (κ3) is 4.71. The number of anilines is 1. The van der Waals surface area contributed by atoms with Gasteiger partial charge in [0.25, 0.3) is 0 Å². The number of rotatable bonds is 7. The van der Waals surface area contributed by atoms with Gasteiger partial charge in [-0.2, -0.15) is 0 Å². The van der Waals surface area contributed by atoms with E-state index in [1.54, 1.807) is 7.11 Å². The second kappa shape index (κ2) is 9.71. The van der Waals surface area contributed by atoms with Crippen molar-refractivity contribution in [1.29, 1.82) is 0 Å². The first-order valence-corrected chi connectivity index (χ1v) is 11.8. The maximum atomic E-state index is 12.9. The number of ether oxygens (including phenoxy) is 3. The molecule has 2 atom stereocenters. The molecule has 0 aliphatic carbocycles. The molecule has 0 aromatic heterocycles. The zero-order valence-corrected chi connectivity index (χ0v) is 19.3. The van der Waals surface area contributed by atoms with Gasteiger partial charge in [0.05, 0.1) is 26.9 Å². The number of benzene rings is 2. The van der Waals surface area contributed by atoms with Crippen LogP contribution < -0.4 is 15.0 Å². The monoisotopic (exact) mass is 451 g/mol. The molecular weight excluding hydrogens is 418 g/mol. The molecule has 3 aliphatic heterocycles. The van der Waals surface area contributed by atoms with Gasteiger partial charge in [0.1, 0.15) is 11.9 Å². The summed E-state index contributed by atoms with van der Waals surface area (Å²) in [6, 6.07) is 16.8. The quantitative estimate of drug-likeness (QED) is 0.696. The molecule has 5 rings (SSSR count). The van der Waals surface area contributed by atoms with Crippen LogP contribution in [0.3, 0.4) is 0 Å². The lowest BCUT2D eigenvalue weighted by Gasteiger charge is -2.26. The summed E-state index contributed by atoms with van der Waals surface area (Å²) in [5.74, 6) is 0.870. The first kappa shape index (κ1) is 22.2. The van der Waals surface area contributed by atoms with Crippen LogP contribution >= 0.6 is 0 Å². The number of morpholine rings is 1. The minimum atomic E-state index is -0.399. The number of fused-ring (bicyclic) bond motifs is 2. The fourth-order valence-corrected chi connectivity index (χ4v) is 5.30. The first-order valence-electron chi connectivity index (χ1n) is 11.8. The van der Waals surface area contributed by atoms with Crippen LogP contribution in [-0.4, -0.2) is 76.6 Å². The van der Waals surface area contributed by atoms with E-state index in [0.717, 1.165) is 51.7 Å². The largest absolute Gasteiger partial charge is 0.497 e. The van der Waals surface area contributed by atoms with Gasteiger partial charge in [0.2, 0.25) is 5.91 Å². The minimum Gasteiger partial charge on any atom is -0.497 e. The molecule has 0 bridgehead atoms. The number of amides is 1. The molecule has 7 nitrogen and oxygen atoms in total. The van der Waals surface area contributed by atoms with Gasteiger partial charge in [-0.25, -0.2) is 0 Å². The molecule has 2 aromatic rings. The molecule has 2 saturated heterocycles. The highest BCUT2D eigenvalue weighted by atomic mass is 16.5. The second-order valence-electron chi connectivity index (χ2n) is 9.25. The van der Waals surface area contributed by atoms with Gasteiger partial charge >= 0.3 is 0 Å². The number of hydrogen-bond donors (Lipinski definition) is 1. The Morgan fingerprint density at radius 3 is 2.73 bits per heavy atom. The van der Waals surface area contributed by atoms with E-state index in [4.69, 9.17) is 14.2 Å². The van der Waals surface area contributed by atoms with Crippen molar-refractivity contribution in [1.82, 2.24) is 10.2 Å². The number of nitrogens with zero attached hydrogens (tertiary/aromatic N) is 2. The van der Waals surface area contributed by atoms with Crippen LogP contribution in [0.1, 0.15) is 17.5 Å². The van der Waals surface area contributed by atoms with Crippen LogP contribution in [0.25, 0.3) is 0 Å². The lowest BCUT2D eigenvalue weighted by Crippen LogP contribution is -2.43. The Bertz CT molecular complexity index is 960. The maximum absolute atomic E-state index is 12.9. The molecule has 2 aromatic carbocycles. The van der Waals surface area contributed by atoms with Crippen LogP contribution in [0.2, 0.25) is 0 Å². The molecular formula is C26H33N3O4. The van der Waals surface area contributed by atoms with Crippen LogP contribution in [0.5, 0.6) is 5.75 Å². The average molecular weight is 452 g/mol.